The van der Waals surface area contributed by atoms with Crippen molar-refractivity contribution in [2.45, 2.75) is 37.4 Å². The third kappa shape index (κ3) is 3.96. The number of methoxy groups -OCH3 is 1. The van der Waals surface area contributed by atoms with Crippen LogP contribution < -0.4 is 14.9 Å². The molecule has 1 saturated heterocycles. The van der Waals surface area contributed by atoms with E-state index in [-0.39, 0.29) is 17.7 Å². The smallest absolute Gasteiger partial charge is 0.480 e. The van der Waals surface area contributed by atoms with Gasteiger partial charge in [-0.2, -0.15) is 0 Å². The lowest BCUT2D eigenvalue weighted by Gasteiger charge is -2.21. The minimum atomic E-state index is -4.36. The minimum Gasteiger partial charge on any atom is -0.480 e. The fourth-order valence-corrected chi connectivity index (χ4v) is 3.73. The molecule has 0 bridgehead atoms. The zero-order valence-corrected chi connectivity index (χ0v) is 16.5. The summed E-state index contributed by atoms with van der Waals surface area (Å²) in [5.74, 6) is -2.13. The Kier molecular flexibility index (Phi) is 5.35. The summed E-state index contributed by atoms with van der Waals surface area (Å²) in [4.78, 5) is 3.36. The summed E-state index contributed by atoms with van der Waals surface area (Å²) in [5, 5.41) is 0. The van der Waals surface area contributed by atoms with Gasteiger partial charge < -0.3 is 14.0 Å². The van der Waals surface area contributed by atoms with Gasteiger partial charge in [-0.15, -0.1) is 0 Å². The first kappa shape index (κ1) is 20.5. The molecule has 1 atom stereocenters. The van der Waals surface area contributed by atoms with E-state index in [9.17, 15) is 17.2 Å². The van der Waals surface area contributed by atoms with E-state index in [0.717, 1.165) is 12.1 Å². The van der Waals surface area contributed by atoms with Gasteiger partial charge in [0.15, 0.2) is 0 Å². The highest BCUT2D eigenvalue weighted by atomic mass is 32.2. The van der Waals surface area contributed by atoms with E-state index in [1.807, 2.05) is 20.8 Å². The van der Waals surface area contributed by atoms with Crippen molar-refractivity contribution in [1.29, 1.82) is 0 Å². The Bertz CT molecular complexity index is 1000. The summed E-state index contributed by atoms with van der Waals surface area (Å²) in [7, 11) is -3.80. The van der Waals surface area contributed by atoms with Crippen LogP contribution in [0.3, 0.4) is 0 Å². The maximum atomic E-state index is 13.9. The molecule has 1 N–H and O–H groups in total. The first-order valence-corrected chi connectivity index (χ1v) is 9.87. The normalized spacial score (nSPS) is 18.9. The van der Waals surface area contributed by atoms with Crippen LogP contribution in [0.25, 0.3) is 0 Å². The van der Waals surface area contributed by atoms with Crippen molar-refractivity contribution < 1.29 is 31.2 Å². The molecule has 0 saturated carbocycles. The molecule has 2 aromatic rings. The number of halogens is 2. The third-order valence-corrected chi connectivity index (χ3v) is 5.88. The zero-order chi connectivity index (χ0) is 20.7. The van der Waals surface area contributed by atoms with E-state index < -0.39 is 39.3 Å². The number of ether oxygens (including phenoxy) is 1. The predicted octanol–water partition coefficient (Wildman–Crippen LogP) is 2.08. The highest BCUT2D eigenvalue weighted by Gasteiger charge is 2.44. The monoisotopic (exact) mass is 412 g/mol. The Hall–Kier alpha value is -2.24. The Morgan fingerprint density at radius 2 is 2.00 bits per heavy atom. The first-order chi connectivity index (χ1) is 13.0. The average Bonchev–Trinajstić information content (AvgIpc) is 2.87. The molecule has 1 unspecified atom stereocenters. The molecule has 0 amide bonds. The van der Waals surface area contributed by atoms with Gasteiger partial charge in [-0.3, -0.25) is 4.72 Å². The number of benzene rings is 1. The van der Waals surface area contributed by atoms with Crippen LogP contribution in [0.15, 0.2) is 35.4 Å². The van der Waals surface area contributed by atoms with Crippen molar-refractivity contribution in [2.75, 3.05) is 11.8 Å². The van der Waals surface area contributed by atoms with Crippen LogP contribution in [-0.4, -0.2) is 39.3 Å². The van der Waals surface area contributed by atoms with Gasteiger partial charge in [-0.1, -0.05) is 0 Å². The summed E-state index contributed by atoms with van der Waals surface area (Å²) in [6, 6.07) is 3.62. The summed E-state index contributed by atoms with van der Waals surface area (Å²) < 4.78 is 71.1. The molecule has 11 heteroatoms. The number of rotatable bonds is 5. The molecule has 2 heterocycles. The van der Waals surface area contributed by atoms with Crippen molar-refractivity contribution in [2.24, 2.45) is 0 Å². The number of nitrogens with zero attached hydrogens (tertiary/aromatic N) is 1. The number of hydrogen-bond donors (Lipinski definition) is 1. The maximum Gasteiger partial charge on any atom is 0.496 e. The Morgan fingerprint density at radius 3 is 2.57 bits per heavy atom. The van der Waals surface area contributed by atoms with E-state index in [1.165, 1.54) is 19.4 Å². The Labute approximate surface area is 162 Å². The predicted molar refractivity (Wildman–Crippen MR) is 99.1 cm³/mol. The topological polar surface area (TPSA) is 86.8 Å². The fraction of sp³-hybridized carbons (Fsp3) is 0.353. The molecule has 1 fully saturated rings. The molecule has 1 aliphatic heterocycles. The van der Waals surface area contributed by atoms with Gasteiger partial charge in [-0.25, -0.2) is 22.2 Å². The second-order valence-electron chi connectivity index (χ2n) is 6.84. The Morgan fingerprint density at radius 1 is 1.29 bits per heavy atom. The number of nitrogens with one attached hydrogen (secondary N) is 1. The number of pyridine rings is 1. The lowest BCUT2D eigenvalue weighted by atomic mass is 9.80. The van der Waals surface area contributed by atoms with E-state index >= 15 is 0 Å². The van der Waals surface area contributed by atoms with Gasteiger partial charge in [0.1, 0.15) is 22.2 Å². The molecule has 150 valence electrons. The summed E-state index contributed by atoms with van der Waals surface area (Å²) in [6.45, 7) is 5.60. The lowest BCUT2D eigenvalue weighted by Crippen LogP contribution is -2.35. The van der Waals surface area contributed by atoms with Crippen LogP contribution >= 0.6 is 0 Å². The van der Waals surface area contributed by atoms with E-state index in [1.54, 1.807) is 0 Å². The molecule has 0 aliphatic carbocycles. The van der Waals surface area contributed by atoms with Crippen molar-refractivity contribution in [1.82, 2.24) is 4.98 Å². The average molecular weight is 412 g/mol. The van der Waals surface area contributed by atoms with Crippen LogP contribution in [0.4, 0.5) is 14.5 Å². The molecule has 1 aromatic carbocycles. The van der Waals surface area contributed by atoms with E-state index in [2.05, 4.69) is 9.71 Å². The second-order valence-corrected chi connectivity index (χ2v) is 8.49. The molecular formula is C17H19BF2N2O5S. The van der Waals surface area contributed by atoms with Crippen LogP contribution in [0, 0.1) is 11.6 Å². The number of anilines is 1. The molecule has 0 spiro atoms. The van der Waals surface area contributed by atoms with Crippen molar-refractivity contribution in [3.8, 4) is 5.88 Å². The summed E-state index contributed by atoms with van der Waals surface area (Å²) in [6.07, 6.45) is 1.24. The molecule has 7 nitrogen and oxygen atoms in total. The van der Waals surface area contributed by atoms with Gasteiger partial charge in [0.25, 0.3) is 10.0 Å². The lowest BCUT2D eigenvalue weighted by molar-refractivity contribution is 0.0842. The SMILES string of the molecule is COc1ncc(B2OC(C)C(C)(C)O2)cc1NS(=O)(=O)c1ccc(F)cc1F. The van der Waals surface area contributed by atoms with Gasteiger partial charge in [0.2, 0.25) is 5.88 Å². The standard InChI is InChI=1S/C17H19BF2N2O5S/c1-10-17(2,3)27-18(26-10)11-7-14(16(25-4)21-9-11)22-28(23,24)15-6-5-12(19)8-13(15)20/h5-10,22H,1-4H3. The second kappa shape index (κ2) is 7.30. The molecule has 3 rings (SSSR count). The van der Waals surface area contributed by atoms with Crippen LogP contribution in [0.2, 0.25) is 0 Å². The molecular weight excluding hydrogens is 393 g/mol. The minimum absolute atomic E-state index is 0.0276. The fourth-order valence-electron chi connectivity index (χ4n) is 2.62. The highest BCUT2D eigenvalue weighted by Crippen LogP contribution is 2.29. The quantitative estimate of drug-likeness (QED) is 0.757. The maximum absolute atomic E-state index is 13.9. The van der Waals surface area contributed by atoms with Crippen molar-refractivity contribution >= 4 is 28.3 Å². The molecule has 0 radical (unpaired) electrons. The van der Waals surface area contributed by atoms with Crippen LogP contribution in [0.1, 0.15) is 20.8 Å². The zero-order valence-electron chi connectivity index (χ0n) is 15.7. The highest BCUT2D eigenvalue weighted by molar-refractivity contribution is 7.92. The number of aromatic nitrogens is 1. The van der Waals surface area contributed by atoms with Crippen LogP contribution in [0.5, 0.6) is 5.88 Å². The number of hydrogen-bond acceptors (Lipinski definition) is 6. The van der Waals surface area contributed by atoms with Gasteiger partial charge in [0, 0.05) is 17.7 Å². The van der Waals surface area contributed by atoms with E-state index in [0.29, 0.717) is 11.5 Å². The van der Waals surface area contributed by atoms with Gasteiger partial charge in [0.05, 0.1) is 18.8 Å². The van der Waals surface area contributed by atoms with E-state index in [4.69, 9.17) is 14.0 Å². The number of sulfonamides is 1. The third-order valence-electron chi connectivity index (χ3n) is 4.48. The van der Waals surface area contributed by atoms with Crippen LogP contribution in [-0.2, 0) is 19.3 Å². The summed E-state index contributed by atoms with van der Waals surface area (Å²) >= 11 is 0. The van der Waals surface area contributed by atoms with Crippen molar-refractivity contribution in [3.05, 3.63) is 42.1 Å². The largest absolute Gasteiger partial charge is 0.496 e. The molecule has 1 aromatic heterocycles. The van der Waals surface area contributed by atoms with Crippen molar-refractivity contribution in [3.63, 3.8) is 0 Å². The molecule has 1 aliphatic rings. The van der Waals surface area contributed by atoms with Gasteiger partial charge in [-0.05, 0) is 39.0 Å². The molecule has 28 heavy (non-hydrogen) atoms. The summed E-state index contributed by atoms with van der Waals surface area (Å²) in [5.41, 5.74) is -0.120. The first-order valence-electron chi connectivity index (χ1n) is 8.38. The Balaban J connectivity index is 1.95. The van der Waals surface area contributed by atoms with Gasteiger partial charge >= 0.3 is 7.12 Å².